The minimum Gasteiger partial charge on any atom is -0.332 e. The van der Waals surface area contributed by atoms with E-state index in [2.05, 4.69) is 10.1 Å². The standard InChI is InChI=1S/C24H29F3N4O/c1-23(2)5-3-4-6-30(23)22(32)18-12-20-28-17(11-19(24(25,26)27)31(20)29-18)21-15-8-13-7-14(10-15)16(21)9-13/h11-16,21H,3-10H2,1-2H3. The van der Waals surface area contributed by atoms with Gasteiger partial charge >= 0.3 is 6.18 Å². The molecule has 4 saturated carbocycles. The summed E-state index contributed by atoms with van der Waals surface area (Å²) in [4.78, 5) is 19.7. The number of likely N-dealkylation sites (tertiary alicyclic amines) is 1. The lowest BCUT2D eigenvalue weighted by Crippen LogP contribution is -2.50. The maximum Gasteiger partial charge on any atom is 0.433 e. The van der Waals surface area contributed by atoms with Crippen molar-refractivity contribution in [3.05, 3.63) is 29.2 Å². The average Bonchev–Trinajstić information content (AvgIpc) is 3.33. The Kier molecular flexibility index (Phi) is 4.29. The van der Waals surface area contributed by atoms with Gasteiger partial charge in [0.2, 0.25) is 0 Å². The number of hydrogen-bond acceptors (Lipinski definition) is 3. The van der Waals surface area contributed by atoms with E-state index in [9.17, 15) is 18.0 Å². The first-order valence-electron chi connectivity index (χ1n) is 11.9. The normalized spacial score (nSPS) is 33.4. The number of carbonyl (C=O) groups is 1. The minimum absolute atomic E-state index is 0.0454. The molecule has 1 amide bonds. The molecule has 0 radical (unpaired) electrons. The van der Waals surface area contributed by atoms with Crippen LogP contribution in [0.5, 0.6) is 0 Å². The van der Waals surface area contributed by atoms with Crippen molar-refractivity contribution in [2.45, 2.75) is 76.4 Å². The van der Waals surface area contributed by atoms with Gasteiger partial charge < -0.3 is 4.90 Å². The third-order valence-electron chi connectivity index (χ3n) is 8.75. The van der Waals surface area contributed by atoms with Crippen molar-refractivity contribution in [1.82, 2.24) is 19.5 Å². The number of piperidine rings is 1. The number of hydrogen-bond donors (Lipinski definition) is 0. The summed E-state index contributed by atoms with van der Waals surface area (Å²) in [6.45, 7) is 4.60. The Balaban J connectivity index is 1.43. The Labute approximate surface area is 185 Å². The molecule has 5 aliphatic rings. The van der Waals surface area contributed by atoms with Crippen LogP contribution in [0.15, 0.2) is 12.1 Å². The zero-order valence-corrected chi connectivity index (χ0v) is 18.5. The van der Waals surface area contributed by atoms with E-state index in [0.717, 1.165) is 49.0 Å². The molecule has 5 nitrogen and oxygen atoms in total. The molecule has 1 aliphatic heterocycles. The van der Waals surface area contributed by atoms with Crippen molar-refractivity contribution in [3.8, 4) is 0 Å². The third-order valence-corrected chi connectivity index (χ3v) is 8.75. The van der Waals surface area contributed by atoms with E-state index in [1.54, 1.807) is 4.90 Å². The minimum atomic E-state index is -4.57. The van der Waals surface area contributed by atoms with Crippen molar-refractivity contribution in [1.29, 1.82) is 0 Å². The largest absolute Gasteiger partial charge is 0.433 e. The van der Waals surface area contributed by atoms with Crippen LogP contribution in [0.3, 0.4) is 0 Å². The molecular weight excluding hydrogens is 417 g/mol. The molecule has 4 aliphatic carbocycles. The summed E-state index contributed by atoms with van der Waals surface area (Å²) < 4.78 is 43.0. The average molecular weight is 447 g/mol. The summed E-state index contributed by atoms with van der Waals surface area (Å²) in [6, 6.07) is 2.66. The zero-order chi connectivity index (χ0) is 22.4. The van der Waals surface area contributed by atoms with E-state index in [1.807, 2.05) is 13.8 Å². The second kappa shape index (κ2) is 6.70. The number of halogens is 3. The fraction of sp³-hybridized carbons (Fsp3) is 0.708. The van der Waals surface area contributed by atoms with E-state index < -0.39 is 11.9 Å². The van der Waals surface area contributed by atoms with Crippen LogP contribution in [0.4, 0.5) is 13.2 Å². The zero-order valence-electron chi connectivity index (χ0n) is 18.5. The number of carbonyl (C=O) groups excluding carboxylic acids is 1. The number of nitrogens with zero attached hydrogens (tertiary/aromatic N) is 4. The smallest absolute Gasteiger partial charge is 0.332 e. The van der Waals surface area contributed by atoms with Gasteiger partial charge in [0.15, 0.2) is 11.3 Å². The lowest BCUT2D eigenvalue weighted by atomic mass is 9.74. The SMILES string of the molecule is CC1(C)CCCCN1C(=O)c1cc2nc(C3C4CC5CC(C4)C3C5)cc(C(F)(F)F)n2n1. The second-order valence-electron chi connectivity index (χ2n) is 11.1. The van der Waals surface area contributed by atoms with Gasteiger partial charge in [-0.2, -0.15) is 18.3 Å². The Morgan fingerprint density at radius 1 is 1.09 bits per heavy atom. The van der Waals surface area contributed by atoms with Gasteiger partial charge in [-0.15, -0.1) is 0 Å². The summed E-state index contributed by atoms with van der Waals surface area (Å²) in [5, 5.41) is 4.13. The fourth-order valence-corrected chi connectivity index (χ4v) is 7.45. The van der Waals surface area contributed by atoms with Gasteiger partial charge in [-0.1, -0.05) is 0 Å². The van der Waals surface area contributed by atoms with Gasteiger partial charge in [-0.25, -0.2) is 9.50 Å². The molecule has 32 heavy (non-hydrogen) atoms. The van der Waals surface area contributed by atoms with E-state index in [1.165, 1.54) is 18.6 Å². The molecule has 5 fully saturated rings. The van der Waals surface area contributed by atoms with Gasteiger partial charge in [0.25, 0.3) is 5.91 Å². The van der Waals surface area contributed by atoms with Crippen LogP contribution in [-0.2, 0) is 6.18 Å². The van der Waals surface area contributed by atoms with Gasteiger partial charge in [0.05, 0.1) is 0 Å². The summed E-state index contributed by atoms with van der Waals surface area (Å²) in [6.07, 6.45) is 2.81. The van der Waals surface area contributed by atoms with Gasteiger partial charge in [-0.05, 0) is 88.5 Å². The first-order chi connectivity index (χ1) is 15.1. The predicted molar refractivity (Wildman–Crippen MR) is 112 cm³/mol. The van der Waals surface area contributed by atoms with Crippen molar-refractivity contribution in [2.24, 2.45) is 23.7 Å². The van der Waals surface area contributed by atoms with Crippen LogP contribution in [0.25, 0.3) is 5.65 Å². The van der Waals surface area contributed by atoms with Crippen LogP contribution in [-0.4, -0.2) is 37.5 Å². The second-order valence-corrected chi connectivity index (χ2v) is 11.1. The summed E-state index contributed by atoms with van der Waals surface area (Å²) in [5.41, 5.74) is -0.445. The highest BCUT2D eigenvalue weighted by atomic mass is 19.4. The maximum absolute atomic E-state index is 14.1. The van der Waals surface area contributed by atoms with Gasteiger partial charge in [-0.3, -0.25) is 4.79 Å². The molecule has 3 heterocycles. The van der Waals surface area contributed by atoms with Crippen molar-refractivity contribution in [2.75, 3.05) is 6.54 Å². The Morgan fingerprint density at radius 3 is 2.59 bits per heavy atom. The highest BCUT2D eigenvalue weighted by Gasteiger charge is 2.55. The van der Waals surface area contributed by atoms with E-state index in [0.29, 0.717) is 30.0 Å². The van der Waals surface area contributed by atoms with Crippen LogP contribution in [0, 0.1) is 23.7 Å². The van der Waals surface area contributed by atoms with Gasteiger partial charge in [0, 0.05) is 29.8 Å². The number of amides is 1. The van der Waals surface area contributed by atoms with Crippen molar-refractivity contribution >= 4 is 11.6 Å². The molecule has 8 heteroatoms. The molecule has 5 atom stereocenters. The molecule has 0 aromatic carbocycles. The number of aromatic nitrogens is 3. The number of alkyl halides is 3. The number of fused-ring (bicyclic) bond motifs is 1. The van der Waals surface area contributed by atoms with Crippen LogP contribution < -0.4 is 0 Å². The lowest BCUT2D eigenvalue weighted by Gasteiger charge is -2.42. The quantitative estimate of drug-likeness (QED) is 0.629. The molecule has 172 valence electrons. The third kappa shape index (κ3) is 3.00. The summed E-state index contributed by atoms with van der Waals surface area (Å²) in [5.74, 6) is 2.06. The number of rotatable bonds is 2. The van der Waals surface area contributed by atoms with Gasteiger partial charge in [0.1, 0.15) is 5.69 Å². The van der Waals surface area contributed by atoms with Crippen LogP contribution in [0.1, 0.15) is 86.6 Å². The molecule has 2 aromatic heterocycles. The molecule has 2 aromatic rings. The van der Waals surface area contributed by atoms with Crippen molar-refractivity contribution < 1.29 is 18.0 Å². The molecule has 1 saturated heterocycles. The predicted octanol–water partition coefficient (Wildman–Crippen LogP) is 5.30. The molecule has 5 unspecified atom stereocenters. The monoisotopic (exact) mass is 446 g/mol. The highest BCUT2D eigenvalue weighted by molar-refractivity contribution is 5.94. The van der Waals surface area contributed by atoms with E-state index in [4.69, 9.17) is 0 Å². The molecule has 0 spiro atoms. The highest BCUT2D eigenvalue weighted by Crippen LogP contribution is 2.64. The summed E-state index contributed by atoms with van der Waals surface area (Å²) in [7, 11) is 0. The van der Waals surface area contributed by atoms with Crippen molar-refractivity contribution in [3.63, 3.8) is 0 Å². The molecule has 7 rings (SSSR count). The maximum atomic E-state index is 14.1. The van der Waals surface area contributed by atoms with Crippen LogP contribution >= 0.6 is 0 Å². The fourth-order valence-electron chi connectivity index (χ4n) is 7.45. The molecular formula is C24H29F3N4O. The Hall–Kier alpha value is -2.12. The molecule has 4 bridgehead atoms. The van der Waals surface area contributed by atoms with Crippen LogP contribution in [0.2, 0.25) is 0 Å². The Bertz CT molecular complexity index is 1090. The topological polar surface area (TPSA) is 50.5 Å². The first kappa shape index (κ1) is 20.5. The molecule has 0 N–H and O–H groups in total. The first-order valence-corrected chi connectivity index (χ1v) is 11.9. The van der Waals surface area contributed by atoms with E-state index in [-0.39, 0.29) is 28.7 Å². The summed E-state index contributed by atoms with van der Waals surface area (Å²) >= 11 is 0. The lowest BCUT2D eigenvalue weighted by molar-refractivity contribution is -0.142. The Morgan fingerprint density at radius 2 is 1.88 bits per heavy atom. The van der Waals surface area contributed by atoms with E-state index >= 15 is 0 Å².